The van der Waals surface area contributed by atoms with Gasteiger partial charge in [0.1, 0.15) is 0 Å². The van der Waals surface area contributed by atoms with E-state index < -0.39 is 9.85 Å². The summed E-state index contributed by atoms with van der Waals surface area (Å²) in [6.45, 7) is 0.602. The zero-order chi connectivity index (χ0) is 22.4. The first-order valence-corrected chi connectivity index (χ1v) is 9.55. The van der Waals surface area contributed by atoms with Gasteiger partial charge in [0.25, 0.3) is 0 Å². The Balaban J connectivity index is 0. The van der Waals surface area contributed by atoms with E-state index in [2.05, 4.69) is 47.1 Å². The molecule has 0 atom stereocenters. The number of aliphatic hydroxyl groups excluding tert-OH is 2. The Morgan fingerprint density at radius 1 is 1.03 bits per heavy atom. The molecular formula is C15H21Br2ClN6O6. The predicted molar refractivity (Wildman–Crippen MR) is 121 cm³/mol. The van der Waals surface area contributed by atoms with Gasteiger partial charge in [-0.3, -0.25) is 20.2 Å². The van der Waals surface area contributed by atoms with Crippen LogP contribution in [0.25, 0.3) is 0 Å². The lowest BCUT2D eigenvalue weighted by molar-refractivity contribution is -0.385. The molecule has 0 saturated heterocycles. The first-order valence-electron chi connectivity index (χ1n) is 7.58. The quantitative estimate of drug-likeness (QED) is 0.226. The monoisotopic (exact) mass is 574 g/mol. The summed E-state index contributed by atoms with van der Waals surface area (Å²) in [6, 6.07) is 2.65. The number of aliphatic hydroxyl groups is 2. The van der Waals surface area contributed by atoms with E-state index in [1.54, 1.807) is 0 Å². The number of anilines is 1. The lowest BCUT2D eigenvalue weighted by Gasteiger charge is -2.03. The van der Waals surface area contributed by atoms with E-state index in [-0.39, 0.29) is 49.5 Å². The number of pyridine rings is 2. The number of nitrogens with two attached hydrogens (primary N) is 1. The van der Waals surface area contributed by atoms with Crippen LogP contribution in [0, 0.1) is 20.2 Å². The maximum atomic E-state index is 10.6. The molecule has 12 nitrogen and oxygen atoms in total. The Kier molecular flexibility index (Phi) is 16.9. The van der Waals surface area contributed by atoms with Gasteiger partial charge >= 0.3 is 11.4 Å². The van der Waals surface area contributed by atoms with Crippen LogP contribution in [0.3, 0.4) is 0 Å². The Morgan fingerprint density at radius 3 is 1.90 bits per heavy atom. The fraction of sp³-hybridized carbons (Fsp3) is 0.333. The van der Waals surface area contributed by atoms with Crippen molar-refractivity contribution in [2.75, 3.05) is 31.6 Å². The highest BCUT2D eigenvalue weighted by Gasteiger charge is 2.15. The van der Waals surface area contributed by atoms with Crippen molar-refractivity contribution >= 4 is 60.7 Å². The topological polar surface area (TPSA) is 191 Å². The highest BCUT2D eigenvalue weighted by Crippen LogP contribution is 2.25. The van der Waals surface area contributed by atoms with Crippen molar-refractivity contribution in [2.24, 2.45) is 5.73 Å². The summed E-state index contributed by atoms with van der Waals surface area (Å²) >= 11 is 11.5. The Labute approximate surface area is 194 Å². The molecule has 2 rings (SSSR count). The van der Waals surface area contributed by atoms with E-state index in [0.29, 0.717) is 15.5 Å². The molecule has 0 aliphatic rings. The van der Waals surface area contributed by atoms with Crippen molar-refractivity contribution in [3.63, 3.8) is 0 Å². The Morgan fingerprint density at radius 2 is 1.50 bits per heavy atom. The van der Waals surface area contributed by atoms with Gasteiger partial charge in [0, 0.05) is 46.6 Å². The molecule has 0 spiro atoms. The molecule has 168 valence electrons. The molecule has 5 N–H and O–H groups in total. The molecule has 0 radical (unpaired) electrons. The summed E-state index contributed by atoms with van der Waals surface area (Å²) in [5.74, 6) is 0.159. The molecule has 0 aliphatic heterocycles. The van der Waals surface area contributed by atoms with Crippen LogP contribution in [-0.2, 0) is 0 Å². The molecule has 2 aromatic rings. The second-order valence-electron chi connectivity index (χ2n) is 4.66. The van der Waals surface area contributed by atoms with Crippen molar-refractivity contribution in [3.05, 3.63) is 58.9 Å². The average molecular weight is 577 g/mol. The second-order valence-corrected chi connectivity index (χ2v) is 6.85. The van der Waals surface area contributed by atoms with E-state index in [1.807, 2.05) is 0 Å². The molecule has 0 aromatic carbocycles. The molecule has 0 aliphatic carbocycles. The fourth-order valence-electron chi connectivity index (χ4n) is 1.42. The van der Waals surface area contributed by atoms with E-state index in [0.717, 1.165) is 0 Å². The number of rotatable bonds is 6. The van der Waals surface area contributed by atoms with Crippen LogP contribution in [0.5, 0.6) is 0 Å². The van der Waals surface area contributed by atoms with Gasteiger partial charge in [-0.25, -0.2) is 9.97 Å². The van der Waals surface area contributed by atoms with E-state index in [4.69, 9.17) is 27.5 Å². The summed E-state index contributed by atoms with van der Waals surface area (Å²) in [5.41, 5.74) is 4.47. The summed E-state index contributed by atoms with van der Waals surface area (Å²) in [7, 11) is 0. The molecule has 0 bridgehead atoms. The summed E-state index contributed by atoms with van der Waals surface area (Å²) in [4.78, 5) is 27.1. The molecule has 0 saturated carbocycles. The Hall–Kier alpha value is -1.97. The number of nitrogens with one attached hydrogen (secondary N) is 1. The SMILES string of the molecule is C.NCCO.O=[N+]([O-])c1cc(Br)cnc1Cl.O=[N+]([O-])c1cc(Br)cnc1NCCO. The third kappa shape index (κ3) is 11.9. The number of hydrogen-bond acceptors (Lipinski definition) is 10. The van der Waals surface area contributed by atoms with E-state index in [1.165, 1.54) is 24.5 Å². The minimum atomic E-state index is -0.583. The van der Waals surface area contributed by atoms with Crippen LogP contribution < -0.4 is 11.1 Å². The normalized spacial score (nSPS) is 9.13. The number of aromatic nitrogens is 2. The number of nitro groups is 2. The molecule has 0 amide bonds. The van der Waals surface area contributed by atoms with Gasteiger partial charge in [0.2, 0.25) is 11.0 Å². The number of nitrogens with zero attached hydrogens (tertiary/aromatic N) is 4. The van der Waals surface area contributed by atoms with Gasteiger partial charge in [-0.05, 0) is 31.9 Å². The van der Waals surface area contributed by atoms with Crippen LogP contribution in [0.2, 0.25) is 5.15 Å². The maximum absolute atomic E-state index is 10.6. The largest absolute Gasteiger partial charge is 0.395 e. The van der Waals surface area contributed by atoms with Crippen molar-refractivity contribution in [3.8, 4) is 0 Å². The van der Waals surface area contributed by atoms with Gasteiger partial charge in [-0.1, -0.05) is 19.0 Å². The number of halogens is 3. The van der Waals surface area contributed by atoms with Crippen molar-refractivity contribution in [2.45, 2.75) is 7.43 Å². The zero-order valence-corrected chi connectivity index (χ0v) is 18.6. The van der Waals surface area contributed by atoms with Crippen molar-refractivity contribution < 1.29 is 20.1 Å². The van der Waals surface area contributed by atoms with Gasteiger partial charge in [0.15, 0.2) is 0 Å². The van der Waals surface area contributed by atoms with Crippen LogP contribution in [-0.4, -0.2) is 56.3 Å². The van der Waals surface area contributed by atoms with Crippen LogP contribution in [0.4, 0.5) is 17.2 Å². The second kappa shape index (κ2) is 16.8. The minimum absolute atomic E-state index is 0. The highest BCUT2D eigenvalue weighted by atomic mass is 79.9. The number of hydrogen-bond donors (Lipinski definition) is 4. The highest BCUT2D eigenvalue weighted by molar-refractivity contribution is 9.10. The molecular weight excluding hydrogens is 555 g/mol. The molecule has 30 heavy (non-hydrogen) atoms. The molecule has 2 aromatic heterocycles. The molecule has 2 heterocycles. The van der Waals surface area contributed by atoms with Gasteiger partial charge in [0.05, 0.1) is 23.1 Å². The zero-order valence-electron chi connectivity index (χ0n) is 14.7. The lowest BCUT2D eigenvalue weighted by atomic mass is 10.4. The summed E-state index contributed by atoms with van der Waals surface area (Å²) in [5, 5.41) is 39.7. The van der Waals surface area contributed by atoms with Gasteiger partial charge in [-0.2, -0.15) is 0 Å². The average Bonchev–Trinajstić information content (AvgIpc) is 2.69. The molecule has 0 unspecified atom stereocenters. The smallest absolute Gasteiger partial charge is 0.312 e. The first-order chi connectivity index (χ1) is 13.7. The summed E-state index contributed by atoms with van der Waals surface area (Å²) in [6.07, 6.45) is 2.85. The van der Waals surface area contributed by atoms with Gasteiger partial charge < -0.3 is 21.3 Å². The van der Waals surface area contributed by atoms with Crippen molar-refractivity contribution in [1.29, 1.82) is 0 Å². The molecule has 15 heteroatoms. The first kappa shape index (κ1) is 30.2. The maximum Gasteiger partial charge on any atom is 0.312 e. The van der Waals surface area contributed by atoms with Gasteiger partial charge in [-0.15, -0.1) is 0 Å². The summed E-state index contributed by atoms with van der Waals surface area (Å²) < 4.78 is 1.08. The fourth-order valence-corrected chi connectivity index (χ4v) is 2.23. The minimum Gasteiger partial charge on any atom is -0.395 e. The predicted octanol–water partition coefficient (Wildman–Crippen LogP) is 3.14. The van der Waals surface area contributed by atoms with Crippen LogP contribution >= 0.6 is 43.5 Å². The van der Waals surface area contributed by atoms with Crippen LogP contribution in [0.1, 0.15) is 7.43 Å². The third-order valence-electron chi connectivity index (χ3n) is 2.55. The molecule has 0 fully saturated rings. The van der Waals surface area contributed by atoms with Crippen molar-refractivity contribution in [1.82, 2.24) is 9.97 Å². The third-order valence-corrected chi connectivity index (χ3v) is 3.71. The lowest BCUT2D eigenvalue weighted by Crippen LogP contribution is -2.08. The standard InChI is InChI=1S/C7H8BrN3O3.C5H2BrClN2O2.C2H7NO.CH4/c8-5-3-6(11(13)14)7(10-4-5)9-1-2-12;6-3-1-4(9(10)11)5(7)8-2-3;3-1-2-4;/h3-4,12H,1-2H2,(H,9,10);1-2H;4H,1-3H2;1H4. The van der Waals surface area contributed by atoms with E-state index >= 15 is 0 Å². The van der Waals surface area contributed by atoms with Crippen LogP contribution in [0.15, 0.2) is 33.5 Å². The van der Waals surface area contributed by atoms with E-state index in [9.17, 15) is 20.2 Å². The Bertz CT molecular complexity index is 815.